The fraction of sp³-hybridized carbons (Fsp3) is 0.100. The van der Waals surface area contributed by atoms with Crippen LogP contribution in [0.1, 0.15) is 11.1 Å². The third-order valence-corrected chi connectivity index (χ3v) is 4.96. The molecule has 3 rings (SSSR count). The Morgan fingerprint density at radius 2 is 1.35 bits per heavy atom. The molecule has 116 valence electrons. The quantitative estimate of drug-likeness (QED) is 0.624. The van der Waals surface area contributed by atoms with Gasteiger partial charge in [0.05, 0.1) is 0 Å². The second-order valence-corrected chi connectivity index (χ2v) is 6.42. The van der Waals surface area contributed by atoms with Gasteiger partial charge in [0.25, 0.3) is 0 Å². The predicted molar refractivity (Wildman–Crippen MR) is 95.6 cm³/mol. The maximum Gasteiger partial charge on any atom is 0.131 e. The zero-order valence-electron chi connectivity index (χ0n) is 13.2. The van der Waals surface area contributed by atoms with E-state index >= 15 is 0 Å². The maximum absolute atomic E-state index is 14.5. The van der Waals surface area contributed by atoms with Gasteiger partial charge in [0.15, 0.2) is 0 Å². The third kappa shape index (κ3) is 3.25. The number of benzene rings is 3. The molecule has 0 heterocycles. The summed E-state index contributed by atoms with van der Waals surface area (Å²) in [6.45, 7) is 1.70. The molecule has 0 amide bonds. The third-order valence-electron chi connectivity index (χ3n) is 4.15. The molecule has 0 bridgehead atoms. The Balaban J connectivity index is 1.98. The van der Waals surface area contributed by atoms with Crippen LogP contribution in [0.5, 0.6) is 0 Å². The SMILES string of the molecule is Cc1ccc(-c2ccc(-c3ccc(C[SiH3])cc3)cc2F)cc1F. The molecule has 0 aliphatic heterocycles. The fourth-order valence-corrected chi connectivity index (χ4v) is 3.09. The Labute approximate surface area is 138 Å². The summed E-state index contributed by atoms with van der Waals surface area (Å²) in [6.07, 6.45) is 0. The summed E-state index contributed by atoms with van der Waals surface area (Å²) in [6, 6.07) is 19.2. The molecule has 0 aliphatic carbocycles. The van der Waals surface area contributed by atoms with E-state index in [0.717, 1.165) is 27.4 Å². The molecule has 3 aromatic rings. The lowest BCUT2D eigenvalue weighted by Crippen LogP contribution is -1.90. The van der Waals surface area contributed by atoms with Crippen molar-refractivity contribution in [3.8, 4) is 22.3 Å². The van der Waals surface area contributed by atoms with Crippen LogP contribution in [0.3, 0.4) is 0 Å². The molecule has 0 N–H and O–H groups in total. The van der Waals surface area contributed by atoms with Crippen LogP contribution in [0.25, 0.3) is 22.3 Å². The standard InChI is InChI=1S/C20H18F2Si/c1-13-2-5-17(11-19(13)21)18-9-8-16(10-20(18)22)15-6-3-14(12-23)4-7-15/h2-11H,12H2,1,23H3. The first-order valence-corrected chi connectivity index (χ1v) is 9.15. The zero-order valence-corrected chi connectivity index (χ0v) is 15.2. The van der Waals surface area contributed by atoms with E-state index in [0.29, 0.717) is 16.7 Å². The molecule has 0 aliphatic rings. The normalized spacial score (nSPS) is 10.9. The Morgan fingerprint density at radius 1 is 0.739 bits per heavy atom. The second-order valence-electron chi connectivity index (χ2n) is 5.71. The van der Waals surface area contributed by atoms with E-state index in [-0.39, 0.29) is 11.6 Å². The molecule has 23 heavy (non-hydrogen) atoms. The van der Waals surface area contributed by atoms with Crippen molar-refractivity contribution in [3.63, 3.8) is 0 Å². The van der Waals surface area contributed by atoms with E-state index in [1.165, 1.54) is 17.7 Å². The highest BCUT2D eigenvalue weighted by atomic mass is 28.1. The lowest BCUT2D eigenvalue weighted by molar-refractivity contribution is 0.617. The first kappa shape index (κ1) is 15.6. The highest BCUT2D eigenvalue weighted by Crippen LogP contribution is 2.29. The van der Waals surface area contributed by atoms with Crippen LogP contribution in [-0.2, 0) is 6.04 Å². The lowest BCUT2D eigenvalue weighted by Gasteiger charge is -2.08. The number of hydrogen-bond acceptors (Lipinski definition) is 0. The van der Waals surface area contributed by atoms with Crippen molar-refractivity contribution in [2.24, 2.45) is 0 Å². The van der Waals surface area contributed by atoms with Gasteiger partial charge in [-0.2, -0.15) is 0 Å². The maximum atomic E-state index is 14.5. The molecular weight excluding hydrogens is 306 g/mol. The molecule has 0 atom stereocenters. The molecule has 0 unspecified atom stereocenters. The van der Waals surface area contributed by atoms with Crippen molar-refractivity contribution < 1.29 is 8.78 Å². The largest absolute Gasteiger partial charge is 0.207 e. The highest BCUT2D eigenvalue weighted by molar-refractivity contribution is 6.08. The second kappa shape index (κ2) is 6.47. The molecule has 0 fully saturated rings. The Hall–Kier alpha value is -2.26. The zero-order chi connectivity index (χ0) is 16.4. The van der Waals surface area contributed by atoms with Crippen LogP contribution in [0.2, 0.25) is 0 Å². The van der Waals surface area contributed by atoms with Gasteiger partial charge in [0.2, 0.25) is 0 Å². The monoisotopic (exact) mass is 324 g/mol. The van der Waals surface area contributed by atoms with Gasteiger partial charge in [0.1, 0.15) is 11.6 Å². The van der Waals surface area contributed by atoms with Crippen LogP contribution >= 0.6 is 0 Å². The molecule has 0 aromatic heterocycles. The molecule has 0 spiro atoms. The molecule has 0 saturated carbocycles. The van der Waals surface area contributed by atoms with Crippen molar-refractivity contribution in [2.75, 3.05) is 0 Å². The average molecular weight is 324 g/mol. The van der Waals surface area contributed by atoms with E-state index in [1.807, 2.05) is 18.2 Å². The minimum Gasteiger partial charge on any atom is -0.207 e. The van der Waals surface area contributed by atoms with E-state index < -0.39 is 0 Å². The van der Waals surface area contributed by atoms with Crippen LogP contribution in [-0.4, -0.2) is 10.2 Å². The summed E-state index contributed by atoms with van der Waals surface area (Å²) < 4.78 is 28.2. The lowest BCUT2D eigenvalue weighted by atomic mass is 9.98. The van der Waals surface area contributed by atoms with Gasteiger partial charge in [0, 0.05) is 15.8 Å². The molecule has 0 nitrogen and oxygen atoms in total. The summed E-state index contributed by atoms with van der Waals surface area (Å²) in [5, 5.41) is 0. The van der Waals surface area contributed by atoms with Gasteiger partial charge in [-0.05, 0) is 47.4 Å². The van der Waals surface area contributed by atoms with Gasteiger partial charge < -0.3 is 0 Å². The smallest absolute Gasteiger partial charge is 0.131 e. The van der Waals surface area contributed by atoms with Crippen molar-refractivity contribution in [2.45, 2.75) is 13.0 Å². The van der Waals surface area contributed by atoms with Gasteiger partial charge in [-0.25, -0.2) is 8.78 Å². The van der Waals surface area contributed by atoms with Gasteiger partial charge in [-0.3, -0.25) is 0 Å². The molecule has 3 heteroatoms. The van der Waals surface area contributed by atoms with E-state index in [9.17, 15) is 8.78 Å². The number of aryl methyl sites for hydroxylation is 1. The van der Waals surface area contributed by atoms with Gasteiger partial charge >= 0.3 is 0 Å². The Kier molecular flexibility index (Phi) is 4.39. The molecule has 3 aromatic carbocycles. The Bertz CT molecular complexity index is 839. The Morgan fingerprint density at radius 3 is 1.96 bits per heavy atom. The molecular formula is C20H18F2Si. The summed E-state index contributed by atoms with van der Waals surface area (Å²) in [4.78, 5) is 0. The summed E-state index contributed by atoms with van der Waals surface area (Å²) >= 11 is 0. The molecule has 0 radical (unpaired) electrons. The molecule has 0 saturated heterocycles. The van der Waals surface area contributed by atoms with Crippen molar-refractivity contribution in [3.05, 3.63) is 83.4 Å². The summed E-state index contributed by atoms with van der Waals surface area (Å²) in [7, 11) is 1.14. The predicted octanol–water partition coefficient (Wildman–Crippen LogP) is 4.47. The number of halogens is 2. The van der Waals surface area contributed by atoms with Crippen molar-refractivity contribution in [1.29, 1.82) is 0 Å². The van der Waals surface area contributed by atoms with E-state index in [1.54, 1.807) is 25.1 Å². The van der Waals surface area contributed by atoms with Crippen molar-refractivity contribution in [1.82, 2.24) is 0 Å². The topological polar surface area (TPSA) is 0 Å². The van der Waals surface area contributed by atoms with Gasteiger partial charge in [-0.15, -0.1) is 0 Å². The highest BCUT2D eigenvalue weighted by Gasteiger charge is 2.09. The van der Waals surface area contributed by atoms with Crippen LogP contribution < -0.4 is 0 Å². The van der Waals surface area contributed by atoms with Crippen LogP contribution in [0, 0.1) is 18.6 Å². The first-order valence-electron chi connectivity index (χ1n) is 7.74. The van der Waals surface area contributed by atoms with E-state index in [4.69, 9.17) is 0 Å². The van der Waals surface area contributed by atoms with Crippen LogP contribution in [0.4, 0.5) is 8.78 Å². The van der Waals surface area contributed by atoms with Crippen LogP contribution in [0.15, 0.2) is 60.7 Å². The number of hydrogen-bond donors (Lipinski definition) is 0. The first-order chi connectivity index (χ1) is 11.1. The minimum atomic E-state index is -0.335. The van der Waals surface area contributed by atoms with E-state index in [2.05, 4.69) is 12.1 Å². The summed E-state index contributed by atoms with van der Waals surface area (Å²) in [5.74, 6) is -0.651. The average Bonchev–Trinajstić information content (AvgIpc) is 2.57. The minimum absolute atomic E-state index is 0.315. The summed E-state index contributed by atoms with van der Waals surface area (Å²) in [5.41, 5.74) is 4.67. The van der Waals surface area contributed by atoms with Gasteiger partial charge in [-0.1, -0.05) is 54.1 Å². The fourth-order valence-electron chi connectivity index (χ4n) is 2.62. The number of rotatable bonds is 3. The van der Waals surface area contributed by atoms with Crippen molar-refractivity contribution >= 4 is 10.2 Å².